The number of aromatic nitrogens is 1. The normalized spacial score (nSPS) is 10.1. The highest BCUT2D eigenvalue weighted by molar-refractivity contribution is 5.92. The maximum atomic E-state index is 11.9. The molecule has 0 saturated heterocycles. The summed E-state index contributed by atoms with van der Waals surface area (Å²) >= 11 is 0. The van der Waals surface area contributed by atoms with Crippen molar-refractivity contribution in [2.45, 2.75) is 19.8 Å². The van der Waals surface area contributed by atoms with Crippen molar-refractivity contribution < 1.29 is 9.72 Å². The van der Waals surface area contributed by atoms with E-state index >= 15 is 0 Å². The van der Waals surface area contributed by atoms with Gasteiger partial charge in [-0.15, -0.1) is 0 Å². The Bertz CT molecular complexity index is 656. The molecule has 1 aromatic heterocycles. The van der Waals surface area contributed by atoms with Gasteiger partial charge in [-0.05, 0) is 31.0 Å². The minimum absolute atomic E-state index is 0.0000550. The van der Waals surface area contributed by atoms with E-state index in [1.165, 1.54) is 6.07 Å². The lowest BCUT2D eigenvalue weighted by Crippen LogP contribution is -2.13. The maximum absolute atomic E-state index is 11.9. The standard InChI is InChI=1S/C15H15N3O3/c1-11-13(5-2-6-14(11)18(20)21)17-15(19)8-7-12-4-3-9-16-10-12/h2-6,9-10H,7-8H2,1H3,(H,17,19). The van der Waals surface area contributed by atoms with Gasteiger partial charge in [0.15, 0.2) is 0 Å². The average Bonchev–Trinajstić information content (AvgIpc) is 2.48. The highest BCUT2D eigenvalue weighted by atomic mass is 16.6. The monoisotopic (exact) mass is 285 g/mol. The summed E-state index contributed by atoms with van der Waals surface area (Å²) in [6, 6.07) is 8.35. The van der Waals surface area contributed by atoms with Gasteiger partial charge in [0.2, 0.25) is 5.91 Å². The molecule has 2 rings (SSSR count). The van der Waals surface area contributed by atoms with E-state index in [1.807, 2.05) is 12.1 Å². The molecule has 1 aromatic carbocycles. The van der Waals surface area contributed by atoms with Crippen molar-refractivity contribution in [2.24, 2.45) is 0 Å². The fraction of sp³-hybridized carbons (Fsp3) is 0.200. The number of nitrogens with zero attached hydrogens (tertiary/aromatic N) is 2. The molecule has 1 amide bonds. The number of hydrogen-bond acceptors (Lipinski definition) is 4. The van der Waals surface area contributed by atoms with Crippen molar-refractivity contribution in [3.05, 3.63) is 64.0 Å². The molecular formula is C15H15N3O3. The lowest BCUT2D eigenvalue weighted by molar-refractivity contribution is -0.385. The highest BCUT2D eigenvalue weighted by Gasteiger charge is 2.14. The number of anilines is 1. The fourth-order valence-corrected chi connectivity index (χ4v) is 1.97. The quantitative estimate of drug-likeness (QED) is 0.676. The summed E-state index contributed by atoms with van der Waals surface area (Å²) in [5, 5.41) is 13.6. The van der Waals surface area contributed by atoms with Gasteiger partial charge in [-0.3, -0.25) is 19.9 Å². The van der Waals surface area contributed by atoms with Crippen molar-refractivity contribution in [1.82, 2.24) is 4.98 Å². The Morgan fingerprint density at radius 3 is 2.81 bits per heavy atom. The third kappa shape index (κ3) is 3.85. The van der Waals surface area contributed by atoms with Crippen LogP contribution >= 0.6 is 0 Å². The molecule has 1 N–H and O–H groups in total. The Balaban J connectivity index is 2.00. The minimum Gasteiger partial charge on any atom is -0.326 e. The first-order chi connectivity index (χ1) is 10.1. The highest BCUT2D eigenvalue weighted by Crippen LogP contribution is 2.25. The van der Waals surface area contributed by atoms with E-state index in [4.69, 9.17) is 0 Å². The molecule has 21 heavy (non-hydrogen) atoms. The van der Waals surface area contributed by atoms with Crippen molar-refractivity contribution in [3.8, 4) is 0 Å². The predicted molar refractivity (Wildman–Crippen MR) is 79.0 cm³/mol. The van der Waals surface area contributed by atoms with E-state index in [0.29, 0.717) is 24.1 Å². The van der Waals surface area contributed by atoms with Gasteiger partial charge in [0, 0.05) is 24.9 Å². The van der Waals surface area contributed by atoms with Crippen LogP contribution in [-0.2, 0) is 11.2 Å². The molecule has 0 saturated carbocycles. The molecule has 0 radical (unpaired) electrons. The van der Waals surface area contributed by atoms with Crippen LogP contribution in [0.1, 0.15) is 17.5 Å². The van der Waals surface area contributed by atoms with Crippen LogP contribution in [-0.4, -0.2) is 15.8 Å². The molecule has 108 valence electrons. The van der Waals surface area contributed by atoms with E-state index < -0.39 is 4.92 Å². The molecule has 1 heterocycles. The molecule has 0 unspecified atom stereocenters. The van der Waals surface area contributed by atoms with Crippen LogP contribution in [0.2, 0.25) is 0 Å². The number of nitro benzene ring substituents is 1. The molecule has 0 aliphatic rings. The first-order valence-electron chi connectivity index (χ1n) is 6.50. The van der Waals surface area contributed by atoms with Gasteiger partial charge in [0.1, 0.15) is 0 Å². The molecule has 0 atom stereocenters. The second kappa shape index (κ2) is 6.60. The molecule has 0 aliphatic heterocycles. The van der Waals surface area contributed by atoms with Crippen LogP contribution in [0, 0.1) is 17.0 Å². The number of pyridine rings is 1. The summed E-state index contributed by atoms with van der Waals surface area (Å²) < 4.78 is 0. The Morgan fingerprint density at radius 2 is 2.14 bits per heavy atom. The van der Waals surface area contributed by atoms with Gasteiger partial charge in [-0.2, -0.15) is 0 Å². The zero-order chi connectivity index (χ0) is 15.2. The predicted octanol–water partition coefficient (Wildman–Crippen LogP) is 2.87. The summed E-state index contributed by atoms with van der Waals surface area (Å²) in [6.07, 6.45) is 4.27. The number of hydrogen-bond donors (Lipinski definition) is 1. The van der Waals surface area contributed by atoms with Gasteiger partial charge in [-0.1, -0.05) is 12.1 Å². The molecule has 6 heteroatoms. The Kier molecular flexibility index (Phi) is 4.61. The van der Waals surface area contributed by atoms with Crippen LogP contribution in [0.15, 0.2) is 42.7 Å². The smallest absolute Gasteiger partial charge is 0.274 e. The van der Waals surface area contributed by atoms with Crippen LogP contribution < -0.4 is 5.32 Å². The minimum atomic E-state index is -0.458. The lowest BCUT2D eigenvalue weighted by atomic mass is 10.1. The topological polar surface area (TPSA) is 85.1 Å². The third-order valence-electron chi connectivity index (χ3n) is 3.14. The van der Waals surface area contributed by atoms with Crippen LogP contribution in [0.3, 0.4) is 0 Å². The zero-order valence-electron chi connectivity index (χ0n) is 11.6. The van der Waals surface area contributed by atoms with E-state index in [0.717, 1.165) is 5.56 Å². The van der Waals surface area contributed by atoms with Crippen molar-refractivity contribution >= 4 is 17.3 Å². The van der Waals surface area contributed by atoms with E-state index in [1.54, 1.807) is 31.5 Å². The largest absolute Gasteiger partial charge is 0.326 e. The second-order valence-corrected chi connectivity index (χ2v) is 4.62. The Hall–Kier alpha value is -2.76. The lowest BCUT2D eigenvalue weighted by Gasteiger charge is -2.08. The second-order valence-electron chi connectivity index (χ2n) is 4.62. The Morgan fingerprint density at radius 1 is 1.33 bits per heavy atom. The van der Waals surface area contributed by atoms with Crippen LogP contribution in [0.4, 0.5) is 11.4 Å². The average molecular weight is 285 g/mol. The third-order valence-corrected chi connectivity index (χ3v) is 3.14. The SMILES string of the molecule is Cc1c(NC(=O)CCc2cccnc2)cccc1[N+](=O)[O-]. The van der Waals surface area contributed by atoms with Crippen molar-refractivity contribution in [3.63, 3.8) is 0 Å². The van der Waals surface area contributed by atoms with Gasteiger partial charge < -0.3 is 5.32 Å². The molecule has 0 spiro atoms. The number of amides is 1. The summed E-state index contributed by atoms with van der Waals surface area (Å²) in [5.41, 5.74) is 1.90. The van der Waals surface area contributed by atoms with Crippen molar-refractivity contribution in [2.75, 3.05) is 5.32 Å². The molecular weight excluding hydrogens is 270 g/mol. The number of carbonyl (C=O) groups excluding carboxylic acids is 1. The molecule has 0 bridgehead atoms. The van der Waals surface area contributed by atoms with Gasteiger partial charge in [0.25, 0.3) is 5.69 Å². The number of benzene rings is 1. The first kappa shape index (κ1) is 14.6. The fourth-order valence-electron chi connectivity index (χ4n) is 1.97. The zero-order valence-corrected chi connectivity index (χ0v) is 11.6. The van der Waals surface area contributed by atoms with Crippen LogP contribution in [0.25, 0.3) is 0 Å². The first-order valence-corrected chi connectivity index (χ1v) is 6.50. The number of nitrogens with one attached hydrogen (secondary N) is 1. The number of nitro groups is 1. The number of carbonyl (C=O) groups is 1. The molecule has 6 nitrogen and oxygen atoms in total. The van der Waals surface area contributed by atoms with Gasteiger partial charge in [0.05, 0.1) is 16.2 Å². The number of rotatable bonds is 5. The van der Waals surface area contributed by atoms with Crippen molar-refractivity contribution in [1.29, 1.82) is 0 Å². The Labute approximate surface area is 122 Å². The molecule has 2 aromatic rings. The van der Waals surface area contributed by atoms with Gasteiger partial charge >= 0.3 is 0 Å². The molecule has 0 fully saturated rings. The van der Waals surface area contributed by atoms with Gasteiger partial charge in [-0.25, -0.2) is 0 Å². The summed E-state index contributed by atoms with van der Waals surface area (Å²) in [4.78, 5) is 26.3. The summed E-state index contributed by atoms with van der Waals surface area (Å²) in [6.45, 7) is 1.62. The number of aryl methyl sites for hydroxylation is 1. The van der Waals surface area contributed by atoms with E-state index in [-0.39, 0.29) is 11.6 Å². The summed E-state index contributed by atoms with van der Waals surface area (Å²) in [7, 11) is 0. The van der Waals surface area contributed by atoms with E-state index in [2.05, 4.69) is 10.3 Å². The maximum Gasteiger partial charge on any atom is 0.274 e. The molecule has 0 aliphatic carbocycles. The van der Waals surface area contributed by atoms with E-state index in [9.17, 15) is 14.9 Å². The van der Waals surface area contributed by atoms with Crippen LogP contribution in [0.5, 0.6) is 0 Å². The summed E-state index contributed by atoms with van der Waals surface area (Å²) in [5.74, 6) is -0.178.